The highest BCUT2D eigenvalue weighted by Crippen LogP contribution is 2.22. The topological polar surface area (TPSA) is 78.9 Å². The van der Waals surface area contributed by atoms with Crippen molar-refractivity contribution in [3.8, 4) is 5.75 Å². The minimum atomic E-state index is -0.580. The molecule has 2 amide bonds. The summed E-state index contributed by atoms with van der Waals surface area (Å²) >= 11 is 0. The van der Waals surface area contributed by atoms with E-state index in [1.807, 2.05) is 47.4 Å². The van der Waals surface area contributed by atoms with Crippen molar-refractivity contribution in [2.24, 2.45) is 0 Å². The smallest absolute Gasteiger partial charge is 0.267 e. The maximum Gasteiger partial charge on any atom is 0.267 e. The molecule has 6 heteroatoms. The third-order valence-electron chi connectivity index (χ3n) is 4.65. The van der Waals surface area contributed by atoms with E-state index >= 15 is 0 Å². The van der Waals surface area contributed by atoms with Crippen LogP contribution in [0.1, 0.15) is 22.3 Å². The van der Waals surface area contributed by atoms with Gasteiger partial charge in [-0.25, -0.2) is 5.48 Å². The number of nitrogens with one attached hydrogen (secondary N) is 1. The zero-order valence-electron chi connectivity index (χ0n) is 15.1. The van der Waals surface area contributed by atoms with E-state index in [4.69, 9.17) is 9.94 Å². The molecule has 0 radical (unpaired) electrons. The summed E-state index contributed by atoms with van der Waals surface area (Å²) < 4.78 is 5.14. The number of carbonyl (C=O) groups excluding carboxylic acids is 2. The highest BCUT2D eigenvalue weighted by atomic mass is 16.5. The molecular formula is C21H22N2O4. The molecule has 6 nitrogen and oxygen atoms in total. The predicted molar refractivity (Wildman–Crippen MR) is 101 cm³/mol. The summed E-state index contributed by atoms with van der Waals surface area (Å²) in [7, 11) is 1.62. The average molecular weight is 366 g/mol. The monoisotopic (exact) mass is 366 g/mol. The Balaban J connectivity index is 1.67. The second-order valence-corrected chi connectivity index (χ2v) is 6.43. The first-order valence-electron chi connectivity index (χ1n) is 8.73. The first-order chi connectivity index (χ1) is 13.1. The predicted octanol–water partition coefficient (Wildman–Crippen LogP) is 2.34. The lowest BCUT2D eigenvalue weighted by Gasteiger charge is -2.29. The highest BCUT2D eigenvalue weighted by Gasteiger charge is 2.21. The van der Waals surface area contributed by atoms with Crippen LogP contribution in [-0.4, -0.2) is 35.6 Å². The largest absolute Gasteiger partial charge is 0.497 e. The Hall–Kier alpha value is -3.12. The Bertz CT molecular complexity index is 859. The number of rotatable bonds is 5. The Labute approximate surface area is 158 Å². The Morgan fingerprint density at radius 1 is 1.19 bits per heavy atom. The summed E-state index contributed by atoms with van der Waals surface area (Å²) in [5.74, 6) is 0.281. The van der Waals surface area contributed by atoms with Gasteiger partial charge in [-0.05, 0) is 52.9 Å². The number of methoxy groups -OCH3 is 1. The lowest BCUT2D eigenvalue weighted by atomic mass is 9.96. The number of hydrogen-bond donors (Lipinski definition) is 2. The molecule has 2 aromatic rings. The van der Waals surface area contributed by atoms with Crippen LogP contribution < -0.4 is 10.2 Å². The third kappa shape index (κ3) is 4.74. The SMILES string of the molecule is COc1ccc(CC(=O)N2CCc3ccc(/C=C/C(=O)NO)cc3C2)cc1. The van der Waals surface area contributed by atoms with Gasteiger partial charge < -0.3 is 9.64 Å². The minimum Gasteiger partial charge on any atom is -0.497 e. The molecule has 0 aromatic heterocycles. The van der Waals surface area contributed by atoms with Gasteiger partial charge >= 0.3 is 0 Å². The van der Waals surface area contributed by atoms with Crippen LogP contribution in [0.5, 0.6) is 5.75 Å². The Morgan fingerprint density at radius 2 is 1.96 bits per heavy atom. The van der Waals surface area contributed by atoms with Gasteiger partial charge in [0.15, 0.2) is 0 Å². The van der Waals surface area contributed by atoms with Gasteiger partial charge in [0, 0.05) is 19.2 Å². The van der Waals surface area contributed by atoms with Crippen LogP contribution in [0.15, 0.2) is 48.5 Å². The molecule has 0 aliphatic carbocycles. The van der Waals surface area contributed by atoms with E-state index in [0.717, 1.165) is 28.9 Å². The van der Waals surface area contributed by atoms with Gasteiger partial charge in [-0.15, -0.1) is 0 Å². The highest BCUT2D eigenvalue weighted by molar-refractivity contribution is 5.90. The summed E-state index contributed by atoms with van der Waals surface area (Å²) in [5, 5.41) is 8.55. The molecule has 0 bridgehead atoms. The lowest BCUT2D eigenvalue weighted by molar-refractivity contribution is -0.131. The van der Waals surface area contributed by atoms with Crippen LogP contribution in [0.25, 0.3) is 6.08 Å². The number of ether oxygens (including phenoxy) is 1. The molecule has 0 fully saturated rings. The number of fused-ring (bicyclic) bond motifs is 1. The van der Waals surface area contributed by atoms with Gasteiger partial charge in [0.05, 0.1) is 13.5 Å². The third-order valence-corrected chi connectivity index (χ3v) is 4.65. The van der Waals surface area contributed by atoms with Crippen LogP contribution >= 0.6 is 0 Å². The normalized spacial score (nSPS) is 13.3. The number of nitrogens with zero attached hydrogens (tertiary/aromatic N) is 1. The summed E-state index contributed by atoms with van der Waals surface area (Å²) in [6.07, 6.45) is 4.06. The Morgan fingerprint density at radius 3 is 2.67 bits per heavy atom. The van der Waals surface area contributed by atoms with Crippen molar-refractivity contribution >= 4 is 17.9 Å². The molecule has 0 saturated heterocycles. The fourth-order valence-electron chi connectivity index (χ4n) is 3.13. The van der Waals surface area contributed by atoms with Crippen molar-refractivity contribution in [1.82, 2.24) is 10.4 Å². The summed E-state index contributed by atoms with van der Waals surface area (Å²) in [6, 6.07) is 13.5. The van der Waals surface area contributed by atoms with E-state index in [1.165, 1.54) is 11.6 Å². The molecule has 140 valence electrons. The van der Waals surface area contributed by atoms with Crippen LogP contribution in [0.4, 0.5) is 0 Å². The first kappa shape index (κ1) is 18.7. The molecular weight excluding hydrogens is 344 g/mol. The number of hydroxylamine groups is 1. The van der Waals surface area contributed by atoms with E-state index in [9.17, 15) is 9.59 Å². The second kappa shape index (κ2) is 8.51. The fourth-order valence-corrected chi connectivity index (χ4v) is 3.13. The van der Waals surface area contributed by atoms with Crippen molar-refractivity contribution in [2.45, 2.75) is 19.4 Å². The Kier molecular flexibility index (Phi) is 5.88. The maximum atomic E-state index is 12.7. The van der Waals surface area contributed by atoms with Crippen molar-refractivity contribution in [3.05, 3.63) is 70.8 Å². The van der Waals surface area contributed by atoms with Crippen molar-refractivity contribution in [1.29, 1.82) is 0 Å². The minimum absolute atomic E-state index is 0.0893. The van der Waals surface area contributed by atoms with E-state index in [2.05, 4.69) is 0 Å². The van der Waals surface area contributed by atoms with Crippen LogP contribution in [0.2, 0.25) is 0 Å². The van der Waals surface area contributed by atoms with Gasteiger partial charge in [0.25, 0.3) is 5.91 Å². The molecule has 0 saturated carbocycles. The number of carbonyl (C=O) groups is 2. The van der Waals surface area contributed by atoms with E-state index in [-0.39, 0.29) is 5.91 Å². The molecule has 0 unspecified atom stereocenters. The van der Waals surface area contributed by atoms with E-state index in [0.29, 0.717) is 19.5 Å². The number of amides is 2. The van der Waals surface area contributed by atoms with Gasteiger partial charge in [0.2, 0.25) is 5.91 Å². The molecule has 2 N–H and O–H groups in total. The van der Waals surface area contributed by atoms with E-state index < -0.39 is 5.91 Å². The van der Waals surface area contributed by atoms with Crippen molar-refractivity contribution in [3.63, 3.8) is 0 Å². The first-order valence-corrected chi connectivity index (χ1v) is 8.73. The van der Waals surface area contributed by atoms with Gasteiger partial charge in [-0.2, -0.15) is 0 Å². The summed E-state index contributed by atoms with van der Waals surface area (Å²) in [4.78, 5) is 25.7. The van der Waals surface area contributed by atoms with Crippen LogP contribution in [0.3, 0.4) is 0 Å². The number of hydrogen-bond acceptors (Lipinski definition) is 4. The van der Waals surface area contributed by atoms with Crippen LogP contribution in [-0.2, 0) is 29.0 Å². The zero-order valence-corrected chi connectivity index (χ0v) is 15.1. The fraction of sp³-hybridized carbons (Fsp3) is 0.238. The van der Waals surface area contributed by atoms with Crippen molar-refractivity contribution in [2.75, 3.05) is 13.7 Å². The average Bonchev–Trinajstić information content (AvgIpc) is 2.71. The molecule has 3 rings (SSSR count). The molecule has 0 atom stereocenters. The maximum absolute atomic E-state index is 12.7. The van der Waals surface area contributed by atoms with E-state index in [1.54, 1.807) is 18.7 Å². The number of benzene rings is 2. The second-order valence-electron chi connectivity index (χ2n) is 6.43. The molecule has 0 spiro atoms. The van der Waals surface area contributed by atoms with Crippen molar-refractivity contribution < 1.29 is 19.5 Å². The quantitative estimate of drug-likeness (QED) is 0.484. The molecule has 27 heavy (non-hydrogen) atoms. The molecule has 1 aliphatic rings. The molecule has 1 heterocycles. The van der Waals surface area contributed by atoms with Gasteiger partial charge in [-0.1, -0.05) is 24.3 Å². The zero-order chi connectivity index (χ0) is 19.2. The van der Waals surface area contributed by atoms with Crippen LogP contribution in [0, 0.1) is 0 Å². The molecule has 2 aromatic carbocycles. The lowest BCUT2D eigenvalue weighted by Crippen LogP contribution is -2.36. The standard InChI is InChI=1S/C21H22N2O4/c1-27-19-7-3-16(4-8-19)13-21(25)23-11-10-17-6-2-15(12-18(17)14-23)5-9-20(24)22-26/h2-9,12,26H,10-11,13-14H2,1H3,(H,22,24)/b9-5+. The summed E-state index contributed by atoms with van der Waals surface area (Å²) in [6.45, 7) is 1.25. The van der Waals surface area contributed by atoms with Gasteiger partial charge in [0.1, 0.15) is 5.75 Å². The summed E-state index contributed by atoms with van der Waals surface area (Å²) in [5.41, 5.74) is 5.66. The van der Waals surface area contributed by atoms with Gasteiger partial charge in [-0.3, -0.25) is 14.8 Å². The molecule has 1 aliphatic heterocycles.